The molecule has 2 nitrogen and oxygen atoms in total. The zero-order valence-electron chi connectivity index (χ0n) is 10.6. The predicted octanol–water partition coefficient (Wildman–Crippen LogP) is 3.23. The van der Waals surface area contributed by atoms with Gasteiger partial charge in [-0.25, -0.2) is 0 Å². The lowest BCUT2D eigenvalue weighted by Crippen LogP contribution is -2.10. The molecule has 1 rings (SSSR count). The standard InChI is InChI=1S/C9H11NO.2C2H6/c1-3-5-7-8(4-2)10-6-9(7)11;2*1-2/h3-5,10H,2,6H2,1H3;2*1-2H3/b5-3-;;. The van der Waals surface area contributed by atoms with E-state index in [9.17, 15) is 4.79 Å². The molecule has 0 aromatic heterocycles. The van der Waals surface area contributed by atoms with Crippen LogP contribution in [0.5, 0.6) is 0 Å². The van der Waals surface area contributed by atoms with Crippen LogP contribution in [0.4, 0.5) is 0 Å². The number of allylic oxidation sites excluding steroid dienone is 3. The van der Waals surface area contributed by atoms with E-state index in [1.807, 2.05) is 40.7 Å². The maximum atomic E-state index is 11.1. The van der Waals surface area contributed by atoms with Crippen molar-refractivity contribution in [3.63, 3.8) is 0 Å². The molecule has 0 amide bonds. The van der Waals surface area contributed by atoms with Crippen molar-refractivity contribution in [2.75, 3.05) is 6.54 Å². The van der Waals surface area contributed by atoms with Gasteiger partial charge in [-0.3, -0.25) is 4.79 Å². The highest BCUT2D eigenvalue weighted by molar-refractivity contribution is 6.03. The lowest BCUT2D eigenvalue weighted by Gasteiger charge is -1.93. The second-order valence-corrected chi connectivity index (χ2v) is 2.31. The molecule has 0 fully saturated rings. The van der Waals surface area contributed by atoms with Crippen LogP contribution >= 0.6 is 0 Å². The molecular weight excluding hydrogens is 186 g/mol. The monoisotopic (exact) mass is 209 g/mol. The molecule has 0 spiro atoms. The number of rotatable bonds is 2. The van der Waals surface area contributed by atoms with Gasteiger partial charge in [-0.1, -0.05) is 46.4 Å². The van der Waals surface area contributed by atoms with E-state index in [1.54, 1.807) is 12.2 Å². The molecule has 2 heteroatoms. The molecule has 0 atom stereocenters. The number of Topliss-reactive ketones (excluding diaryl/α,β-unsaturated/α-hetero) is 1. The second kappa shape index (κ2) is 10.8. The van der Waals surface area contributed by atoms with E-state index in [1.165, 1.54) is 0 Å². The molecule has 0 radical (unpaired) electrons. The van der Waals surface area contributed by atoms with Crippen molar-refractivity contribution < 1.29 is 4.79 Å². The van der Waals surface area contributed by atoms with Crippen molar-refractivity contribution in [3.8, 4) is 0 Å². The van der Waals surface area contributed by atoms with Crippen molar-refractivity contribution in [2.45, 2.75) is 34.6 Å². The maximum absolute atomic E-state index is 11.1. The van der Waals surface area contributed by atoms with Crippen LogP contribution in [0.25, 0.3) is 0 Å². The molecule has 86 valence electrons. The van der Waals surface area contributed by atoms with Gasteiger partial charge in [0, 0.05) is 11.3 Å². The smallest absolute Gasteiger partial charge is 0.183 e. The molecule has 1 N–H and O–H groups in total. The third kappa shape index (κ3) is 5.21. The van der Waals surface area contributed by atoms with Gasteiger partial charge in [0.25, 0.3) is 0 Å². The minimum atomic E-state index is 0.137. The quantitative estimate of drug-likeness (QED) is 0.756. The van der Waals surface area contributed by atoms with Crippen LogP contribution in [0.1, 0.15) is 34.6 Å². The van der Waals surface area contributed by atoms with Gasteiger partial charge in [0.05, 0.1) is 6.54 Å². The first kappa shape index (κ1) is 16.1. The summed E-state index contributed by atoms with van der Waals surface area (Å²) in [6, 6.07) is 0. The average molecular weight is 209 g/mol. The highest BCUT2D eigenvalue weighted by Gasteiger charge is 2.17. The summed E-state index contributed by atoms with van der Waals surface area (Å²) in [4.78, 5) is 11.1. The Kier molecular flexibility index (Phi) is 11.6. The molecular formula is C13H23NO. The fourth-order valence-electron chi connectivity index (χ4n) is 1.05. The van der Waals surface area contributed by atoms with Crippen LogP contribution in [0, 0.1) is 0 Å². The first-order valence-corrected chi connectivity index (χ1v) is 5.56. The minimum absolute atomic E-state index is 0.137. The van der Waals surface area contributed by atoms with Crippen LogP contribution in [-0.4, -0.2) is 12.3 Å². The Morgan fingerprint density at radius 1 is 1.27 bits per heavy atom. The highest BCUT2D eigenvalue weighted by Crippen LogP contribution is 2.11. The van der Waals surface area contributed by atoms with Crippen molar-refractivity contribution in [1.29, 1.82) is 0 Å². The summed E-state index contributed by atoms with van der Waals surface area (Å²) in [7, 11) is 0. The normalized spacial score (nSPS) is 13.8. The summed E-state index contributed by atoms with van der Waals surface area (Å²) in [5.41, 5.74) is 1.58. The van der Waals surface area contributed by atoms with Gasteiger partial charge >= 0.3 is 0 Å². The fraction of sp³-hybridized carbons (Fsp3) is 0.462. The Morgan fingerprint density at radius 3 is 2.20 bits per heavy atom. The summed E-state index contributed by atoms with van der Waals surface area (Å²) in [5, 5.41) is 2.95. The zero-order chi connectivity index (χ0) is 12.3. The first-order chi connectivity index (χ1) is 7.29. The Morgan fingerprint density at radius 2 is 1.80 bits per heavy atom. The van der Waals surface area contributed by atoms with Gasteiger partial charge in [0.1, 0.15) is 0 Å². The average Bonchev–Trinajstić information content (AvgIpc) is 2.66. The van der Waals surface area contributed by atoms with E-state index in [4.69, 9.17) is 0 Å². The predicted molar refractivity (Wildman–Crippen MR) is 67.7 cm³/mol. The molecule has 0 aromatic rings. The zero-order valence-corrected chi connectivity index (χ0v) is 10.6. The SMILES string of the molecule is C=CC1=C(/C=C\C)C(=O)CN1.CC.CC. The van der Waals surface area contributed by atoms with E-state index < -0.39 is 0 Å². The number of hydrogen-bond donors (Lipinski definition) is 1. The van der Waals surface area contributed by atoms with Crippen LogP contribution in [0.15, 0.2) is 36.1 Å². The van der Waals surface area contributed by atoms with E-state index in [0.717, 1.165) is 11.3 Å². The largest absolute Gasteiger partial charge is 0.377 e. The summed E-state index contributed by atoms with van der Waals surface area (Å²) in [6.07, 6.45) is 5.32. The van der Waals surface area contributed by atoms with Crippen LogP contribution in [0.3, 0.4) is 0 Å². The lowest BCUT2D eigenvalue weighted by molar-refractivity contribution is -0.113. The summed E-state index contributed by atoms with van der Waals surface area (Å²) in [6.45, 7) is 13.9. The summed E-state index contributed by atoms with van der Waals surface area (Å²) in [5.74, 6) is 0.137. The Labute approximate surface area is 93.8 Å². The molecule has 1 aliphatic rings. The molecule has 0 bridgehead atoms. The lowest BCUT2D eigenvalue weighted by atomic mass is 10.1. The molecule has 0 aromatic carbocycles. The molecule has 15 heavy (non-hydrogen) atoms. The highest BCUT2D eigenvalue weighted by atomic mass is 16.1. The van der Waals surface area contributed by atoms with Crippen molar-refractivity contribution in [1.82, 2.24) is 5.32 Å². The maximum Gasteiger partial charge on any atom is 0.183 e. The third-order valence-electron chi connectivity index (χ3n) is 1.57. The van der Waals surface area contributed by atoms with Crippen LogP contribution < -0.4 is 5.32 Å². The van der Waals surface area contributed by atoms with Crippen LogP contribution in [0.2, 0.25) is 0 Å². The number of nitrogens with one attached hydrogen (secondary N) is 1. The molecule has 0 saturated heterocycles. The van der Waals surface area contributed by atoms with Crippen molar-refractivity contribution in [2.24, 2.45) is 0 Å². The van der Waals surface area contributed by atoms with Gasteiger partial charge in [-0.2, -0.15) is 0 Å². The Hall–Kier alpha value is -1.31. The van der Waals surface area contributed by atoms with Gasteiger partial charge in [0.15, 0.2) is 5.78 Å². The topological polar surface area (TPSA) is 29.1 Å². The first-order valence-electron chi connectivity index (χ1n) is 5.56. The second-order valence-electron chi connectivity index (χ2n) is 2.31. The van der Waals surface area contributed by atoms with E-state index in [2.05, 4.69) is 11.9 Å². The number of carbonyl (C=O) groups excluding carboxylic acids is 1. The fourth-order valence-corrected chi connectivity index (χ4v) is 1.05. The number of ketones is 1. The van der Waals surface area contributed by atoms with E-state index in [-0.39, 0.29) is 5.78 Å². The van der Waals surface area contributed by atoms with Crippen LogP contribution in [-0.2, 0) is 4.79 Å². The minimum Gasteiger partial charge on any atom is -0.377 e. The summed E-state index contributed by atoms with van der Waals surface area (Å²) >= 11 is 0. The molecule has 0 unspecified atom stereocenters. The third-order valence-corrected chi connectivity index (χ3v) is 1.57. The van der Waals surface area contributed by atoms with Crippen molar-refractivity contribution in [3.05, 3.63) is 36.1 Å². The molecule has 0 saturated carbocycles. The summed E-state index contributed by atoms with van der Waals surface area (Å²) < 4.78 is 0. The molecule has 1 heterocycles. The van der Waals surface area contributed by atoms with Gasteiger partial charge in [-0.15, -0.1) is 0 Å². The van der Waals surface area contributed by atoms with Crippen molar-refractivity contribution >= 4 is 5.78 Å². The van der Waals surface area contributed by atoms with Gasteiger partial charge < -0.3 is 5.32 Å². The molecule has 0 aliphatic carbocycles. The Bertz CT molecular complexity index is 249. The molecule has 1 aliphatic heterocycles. The number of hydrogen-bond acceptors (Lipinski definition) is 2. The number of carbonyl (C=O) groups is 1. The Balaban J connectivity index is 0. The van der Waals surface area contributed by atoms with Gasteiger partial charge in [-0.05, 0) is 13.0 Å². The van der Waals surface area contributed by atoms with E-state index >= 15 is 0 Å². The van der Waals surface area contributed by atoms with Gasteiger partial charge in [0.2, 0.25) is 0 Å². The van der Waals surface area contributed by atoms with E-state index in [0.29, 0.717) is 6.54 Å².